The highest BCUT2D eigenvalue weighted by Gasteiger charge is 2.39. The number of fused-ring (bicyclic) bond motifs is 1. The Labute approximate surface area is 184 Å². The van der Waals surface area contributed by atoms with Crippen LogP contribution >= 0.6 is 0 Å². The second kappa shape index (κ2) is 8.60. The van der Waals surface area contributed by atoms with Crippen molar-refractivity contribution < 1.29 is 27.3 Å². The van der Waals surface area contributed by atoms with Crippen LogP contribution < -0.4 is 0 Å². The summed E-state index contributed by atoms with van der Waals surface area (Å²) in [6.07, 6.45) is -1.75. The number of alkyl halides is 3. The minimum absolute atomic E-state index is 0.0385. The summed E-state index contributed by atoms with van der Waals surface area (Å²) in [6, 6.07) is 4.41. The molecule has 0 unspecified atom stereocenters. The van der Waals surface area contributed by atoms with E-state index in [0.29, 0.717) is 31.8 Å². The van der Waals surface area contributed by atoms with E-state index in [4.69, 9.17) is 4.52 Å². The Balaban J connectivity index is 1.42. The lowest BCUT2D eigenvalue weighted by molar-refractivity contribution is -0.138. The molecule has 32 heavy (non-hydrogen) atoms. The molecule has 1 aromatic carbocycles. The number of halogens is 3. The minimum Gasteiger partial charge on any atom is -0.361 e. The van der Waals surface area contributed by atoms with Gasteiger partial charge in [0.2, 0.25) is 5.91 Å². The van der Waals surface area contributed by atoms with Gasteiger partial charge < -0.3 is 14.3 Å². The van der Waals surface area contributed by atoms with Crippen LogP contribution in [0, 0.1) is 19.8 Å². The molecule has 6 nitrogen and oxygen atoms in total. The van der Waals surface area contributed by atoms with Crippen molar-refractivity contribution in [3.05, 3.63) is 52.4 Å². The number of nitrogens with zero attached hydrogens (tertiary/aromatic N) is 3. The van der Waals surface area contributed by atoms with Gasteiger partial charge in [0.25, 0.3) is 5.91 Å². The van der Waals surface area contributed by atoms with Crippen LogP contribution in [0.25, 0.3) is 0 Å². The van der Waals surface area contributed by atoms with E-state index in [9.17, 15) is 22.8 Å². The number of hydrogen-bond acceptors (Lipinski definition) is 4. The van der Waals surface area contributed by atoms with Gasteiger partial charge in [0, 0.05) is 36.8 Å². The minimum atomic E-state index is -4.43. The Bertz CT molecular complexity index is 981. The van der Waals surface area contributed by atoms with E-state index in [0.717, 1.165) is 36.2 Å². The average Bonchev–Trinajstić information content (AvgIpc) is 3.09. The van der Waals surface area contributed by atoms with E-state index in [1.165, 1.54) is 12.1 Å². The zero-order chi connectivity index (χ0) is 23.0. The van der Waals surface area contributed by atoms with Crippen LogP contribution in [0.2, 0.25) is 0 Å². The van der Waals surface area contributed by atoms with E-state index in [-0.39, 0.29) is 35.8 Å². The standard InChI is InChI=1S/C23H26F3N3O3/c1-14-19(15(2)32-27-14)12-21(30)29-10-3-4-17-13-28(11-9-20(17)29)22(31)16-5-7-18(8-6-16)23(24,25)26/h5-8,17,20H,3-4,9-13H2,1-2H3/t17-,20+/m1/s1. The monoisotopic (exact) mass is 449 g/mol. The quantitative estimate of drug-likeness (QED) is 0.710. The number of amides is 2. The maximum absolute atomic E-state index is 13.1. The van der Waals surface area contributed by atoms with Gasteiger partial charge in [-0.2, -0.15) is 13.2 Å². The second-order valence-corrected chi connectivity index (χ2v) is 8.65. The predicted octanol–water partition coefficient (Wildman–Crippen LogP) is 4.01. The molecule has 9 heteroatoms. The summed E-state index contributed by atoms with van der Waals surface area (Å²) in [4.78, 5) is 29.6. The predicted molar refractivity (Wildman–Crippen MR) is 110 cm³/mol. The molecule has 4 rings (SSSR count). The highest BCUT2D eigenvalue weighted by Crippen LogP contribution is 2.33. The number of rotatable bonds is 3. The van der Waals surface area contributed by atoms with E-state index in [1.807, 2.05) is 11.8 Å². The van der Waals surface area contributed by atoms with Crippen molar-refractivity contribution in [2.24, 2.45) is 5.92 Å². The summed E-state index contributed by atoms with van der Waals surface area (Å²) in [5.41, 5.74) is 1.03. The zero-order valence-corrected chi connectivity index (χ0v) is 18.1. The molecule has 0 saturated carbocycles. The molecule has 2 aromatic rings. The van der Waals surface area contributed by atoms with Crippen molar-refractivity contribution in [2.45, 2.75) is 51.7 Å². The molecule has 3 heterocycles. The molecular weight excluding hydrogens is 423 g/mol. The molecule has 0 N–H and O–H groups in total. The van der Waals surface area contributed by atoms with Gasteiger partial charge in [0.1, 0.15) is 5.76 Å². The van der Waals surface area contributed by atoms with Crippen LogP contribution in [0.3, 0.4) is 0 Å². The first-order chi connectivity index (χ1) is 15.1. The van der Waals surface area contributed by atoms with Crippen molar-refractivity contribution >= 4 is 11.8 Å². The second-order valence-electron chi connectivity index (χ2n) is 8.65. The molecule has 2 aliphatic heterocycles. The molecule has 0 radical (unpaired) electrons. The van der Waals surface area contributed by atoms with Crippen molar-refractivity contribution in [2.75, 3.05) is 19.6 Å². The van der Waals surface area contributed by atoms with Crippen LogP contribution in [0.5, 0.6) is 0 Å². The Hall–Kier alpha value is -2.84. The molecule has 0 aliphatic carbocycles. The molecule has 2 saturated heterocycles. The molecule has 172 valence electrons. The number of piperidine rings is 2. The largest absolute Gasteiger partial charge is 0.416 e. The van der Waals surface area contributed by atoms with Gasteiger partial charge in [-0.3, -0.25) is 9.59 Å². The summed E-state index contributed by atoms with van der Waals surface area (Å²) >= 11 is 0. The molecule has 2 aliphatic rings. The van der Waals surface area contributed by atoms with Crippen LogP contribution in [0.1, 0.15) is 52.2 Å². The van der Waals surface area contributed by atoms with E-state index in [1.54, 1.807) is 11.8 Å². The van der Waals surface area contributed by atoms with E-state index < -0.39 is 11.7 Å². The first kappa shape index (κ1) is 22.4. The highest BCUT2D eigenvalue weighted by molar-refractivity contribution is 5.94. The van der Waals surface area contributed by atoms with E-state index >= 15 is 0 Å². The number of hydrogen-bond donors (Lipinski definition) is 0. The molecule has 0 spiro atoms. The number of likely N-dealkylation sites (tertiary alicyclic amines) is 2. The first-order valence-electron chi connectivity index (χ1n) is 10.8. The van der Waals surface area contributed by atoms with Crippen LogP contribution in [-0.4, -0.2) is 52.4 Å². The zero-order valence-electron chi connectivity index (χ0n) is 18.1. The lowest BCUT2D eigenvalue weighted by atomic mass is 9.83. The summed E-state index contributed by atoms with van der Waals surface area (Å²) < 4.78 is 43.5. The summed E-state index contributed by atoms with van der Waals surface area (Å²) in [6.45, 7) is 5.28. The Morgan fingerprint density at radius 1 is 1.12 bits per heavy atom. The Kier molecular flexibility index (Phi) is 6.01. The van der Waals surface area contributed by atoms with Crippen molar-refractivity contribution in [3.8, 4) is 0 Å². The van der Waals surface area contributed by atoms with Crippen molar-refractivity contribution in [1.82, 2.24) is 15.0 Å². The van der Waals surface area contributed by atoms with Gasteiger partial charge in [-0.05, 0) is 63.3 Å². The SMILES string of the molecule is Cc1noc(C)c1CC(=O)N1CCC[C@@H]2CN(C(=O)c3ccc(C(F)(F)F)cc3)CC[C@@H]21. The number of aryl methyl sites for hydroxylation is 2. The molecule has 2 amide bonds. The number of benzene rings is 1. The lowest BCUT2D eigenvalue weighted by Crippen LogP contribution is -2.57. The Morgan fingerprint density at radius 2 is 1.84 bits per heavy atom. The summed E-state index contributed by atoms with van der Waals surface area (Å²) in [5.74, 6) is 0.582. The third-order valence-corrected chi connectivity index (χ3v) is 6.64. The third-order valence-electron chi connectivity index (χ3n) is 6.64. The number of carbonyl (C=O) groups is 2. The highest BCUT2D eigenvalue weighted by atomic mass is 19.4. The van der Waals surface area contributed by atoms with Gasteiger partial charge in [-0.15, -0.1) is 0 Å². The van der Waals surface area contributed by atoms with Gasteiger partial charge in [-0.25, -0.2) is 0 Å². The average molecular weight is 449 g/mol. The maximum Gasteiger partial charge on any atom is 0.416 e. The smallest absolute Gasteiger partial charge is 0.361 e. The lowest BCUT2D eigenvalue weighted by Gasteiger charge is -2.47. The first-order valence-corrected chi connectivity index (χ1v) is 10.8. The third kappa shape index (κ3) is 4.38. The maximum atomic E-state index is 13.1. The fourth-order valence-electron chi connectivity index (χ4n) is 4.89. The molecule has 0 bridgehead atoms. The number of aromatic nitrogens is 1. The van der Waals surface area contributed by atoms with Gasteiger partial charge in [0.05, 0.1) is 17.7 Å². The normalized spacial score (nSPS) is 21.4. The van der Waals surface area contributed by atoms with Crippen LogP contribution in [-0.2, 0) is 17.4 Å². The van der Waals surface area contributed by atoms with Gasteiger partial charge in [0.15, 0.2) is 0 Å². The van der Waals surface area contributed by atoms with Crippen LogP contribution in [0.4, 0.5) is 13.2 Å². The van der Waals surface area contributed by atoms with Gasteiger partial charge in [-0.1, -0.05) is 5.16 Å². The molecular formula is C23H26F3N3O3. The van der Waals surface area contributed by atoms with E-state index in [2.05, 4.69) is 5.16 Å². The van der Waals surface area contributed by atoms with Crippen LogP contribution in [0.15, 0.2) is 28.8 Å². The number of carbonyl (C=O) groups excluding carboxylic acids is 2. The fraction of sp³-hybridized carbons (Fsp3) is 0.522. The molecule has 1 aromatic heterocycles. The fourth-order valence-corrected chi connectivity index (χ4v) is 4.89. The molecule has 2 fully saturated rings. The van der Waals surface area contributed by atoms with Gasteiger partial charge >= 0.3 is 6.18 Å². The summed E-state index contributed by atoms with van der Waals surface area (Å²) in [5, 5.41) is 3.92. The topological polar surface area (TPSA) is 66.7 Å². The van der Waals surface area contributed by atoms with Crippen molar-refractivity contribution in [3.63, 3.8) is 0 Å². The summed E-state index contributed by atoms with van der Waals surface area (Å²) in [7, 11) is 0. The molecule has 2 atom stereocenters. The van der Waals surface area contributed by atoms with Crippen molar-refractivity contribution in [1.29, 1.82) is 0 Å². The Morgan fingerprint density at radius 3 is 2.47 bits per heavy atom.